The second kappa shape index (κ2) is 8.21. The predicted octanol–water partition coefficient (Wildman–Crippen LogP) is 4.53. The van der Waals surface area contributed by atoms with Crippen LogP contribution < -0.4 is 10.4 Å². The first kappa shape index (κ1) is 19.4. The zero-order chi connectivity index (χ0) is 21.1. The third-order valence-corrected chi connectivity index (χ3v) is 4.77. The molecule has 0 amide bonds. The standard InChI is InChI=1S/C24H19NO5/c1-15-19(10-11-21(25-15)16-6-4-3-5-7-16)24(27)29-14-17-12-23(26)30-22-13-18(28-2)8-9-20(17)22/h3-13H,14H2,1-2H3. The molecule has 6 nitrogen and oxygen atoms in total. The molecule has 2 aromatic heterocycles. The Balaban J connectivity index is 1.56. The Hall–Kier alpha value is -3.93. The van der Waals surface area contributed by atoms with E-state index in [9.17, 15) is 9.59 Å². The zero-order valence-electron chi connectivity index (χ0n) is 16.5. The molecule has 0 saturated heterocycles. The van der Waals surface area contributed by atoms with Crippen molar-refractivity contribution in [1.29, 1.82) is 0 Å². The third-order valence-electron chi connectivity index (χ3n) is 4.77. The van der Waals surface area contributed by atoms with Crippen LogP contribution in [0.2, 0.25) is 0 Å². The second-order valence-electron chi connectivity index (χ2n) is 6.72. The molecule has 0 bridgehead atoms. The lowest BCUT2D eigenvalue weighted by molar-refractivity contribution is 0.0472. The van der Waals surface area contributed by atoms with Gasteiger partial charge in [0.2, 0.25) is 0 Å². The second-order valence-corrected chi connectivity index (χ2v) is 6.72. The Morgan fingerprint density at radius 3 is 2.57 bits per heavy atom. The molecule has 2 aromatic carbocycles. The number of methoxy groups -OCH3 is 1. The molecule has 150 valence electrons. The number of benzene rings is 2. The van der Waals surface area contributed by atoms with Crippen LogP contribution in [0.5, 0.6) is 5.75 Å². The Bertz CT molecular complexity index is 1280. The van der Waals surface area contributed by atoms with Gasteiger partial charge in [-0.05, 0) is 31.2 Å². The summed E-state index contributed by atoms with van der Waals surface area (Å²) >= 11 is 0. The van der Waals surface area contributed by atoms with Crippen LogP contribution in [-0.2, 0) is 11.3 Å². The van der Waals surface area contributed by atoms with E-state index < -0.39 is 11.6 Å². The van der Waals surface area contributed by atoms with Gasteiger partial charge < -0.3 is 13.9 Å². The van der Waals surface area contributed by atoms with E-state index in [2.05, 4.69) is 4.98 Å². The quantitative estimate of drug-likeness (QED) is 0.361. The molecule has 2 heterocycles. The van der Waals surface area contributed by atoms with Crippen LogP contribution in [0.4, 0.5) is 0 Å². The molecule has 0 unspecified atom stereocenters. The van der Waals surface area contributed by atoms with Crippen molar-refractivity contribution >= 4 is 16.9 Å². The number of esters is 1. The molecule has 4 aromatic rings. The summed E-state index contributed by atoms with van der Waals surface area (Å²) < 4.78 is 15.9. The maximum Gasteiger partial charge on any atom is 0.340 e. The van der Waals surface area contributed by atoms with Crippen LogP contribution in [0.1, 0.15) is 21.6 Å². The molecule has 0 radical (unpaired) electrons. The normalized spacial score (nSPS) is 10.7. The fraction of sp³-hybridized carbons (Fsp3) is 0.125. The molecule has 0 aliphatic carbocycles. The Kier molecular flexibility index (Phi) is 5.30. The third kappa shape index (κ3) is 3.93. The number of carbonyl (C=O) groups is 1. The molecular formula is C24H19NO5. The van der Waals surface area contributed by atoms with Crippen molar-refractivity contribution in [2.75, 3.05) is 7.11 Å². The summed E-state index contributed by atoms with van der Waals surface area (Å²) in [6.45, 7) is 1.70. The van der Waals surface area contributed by atoms with Gasteiger partial charge in [0.05, 0.1) is 24.1 Å². The summed E-state index contributed by atoms with van der Waals surface area (Å²) in [5.74, 6) is 0.0644. The molecule has 0 N–H and O–H groups in total. The molecule has 0 aliphatic rings. The number of rotatable bonds is 5. The van der Waals surface area contributed by atoms with E-state index in [-0.39, 0.29) is 6.61 Å². The van der Waals surface area contributed by atoms with Crippen LogP contribution in [-0.4, -0.2) is 18.1 Å². The molecule has 4 rings (SSSR count). The molecule has 0 saturated carbocycles. The van der Waals surface area contributed by atoms with Gasteiger partial charge in [-0.25, -0.2) is 9.59 Å². The topological polar surface area (TPSA) is 78.6 Å². The summed E-state index contributed by atoms with van der Waals surface area (Å²) in [7, 11) is 1.53. The summed E-state index contributed by atoms with van der Waals surface area (Å²) in [6, 6.07) is 19.7. The smallest absolute Gasteiger partial charge is 0.340 e. The zero-order valence-corrected chi connectivity index (χ0v) is 16.5. The van der Waals surface area contributed by atoms with Crippen LogP contribution in [0.25, 0.3) is 22.2 Å². The van der Waals surface area contributed by atoms with Crippen molar-refractivity contribution in [3.63, 3.8) is 0 Å². The Morgan fingerprint density at radius 1 is 1.03 bits per heavy atom. The number of ether oxygens (including phenoxy) is 2. The maximum absolute atomic E-state index is 12.6. The number of hydrogen-bond donors (Lipinski definition) is 0. The van der Waals surface area contributed by atoms with Gasteiger partial charge in [-0.15, -0.1) is 0 Å². The van der Waals surface area contributed by atoms with Crippen LogP contribution in [0, 0.1) is 6.92 Å². The number of nitrogens with zero attached hydrogens (tertiary/aromatic N) is 1. The van der Waals surface area contributed by atoms with Crippen molar-refractivity contribution in [3.8, 4) is 17.0 Å². The minimum atomic E-state index is -0.521. The summed E-state index contributed by atoms with van der Waals surface area (Å²) in [5, 5.41) is 0.678. The highest BCUT2D eigenvalue weighted by atomic mass is 16.5. The fourth-order valence-corrected chi connectivity index (χ4v) is 3.22. The highest BCUT2D eigenvalue weighted by Gasteiger charge is 2.15. The van der Waals surface area contributed by atoms with Crippen LogP contribution >= 0.6 is 0 Å². The number of aryl methyl sites for hydroxylation is 1. The molecule has 6 heteroatoms. The number of fused-ring (bicyclic) bond motifs is 1. The molecule has 0 spiro atoms. The van der Waals surface area contributed by atoms with Crippen LogP contribution in [0.3, 0.4) is 0 Å². The number of carbonyl (C=O) groups excluding carboxylic acids is 1. The highest BCUT2D eigenvalue weighted by Crippen LogP contribution is 2.24. The van der Waals surface area contributed by atoms with E-state index in [1.807, 2.05) is 30.3 Å². The van der Waals surface area contributed by atoms with Crippen molar-refractivity contribution in [2.45, 2.75) is 13.5 Å². The largest absolute Gasteiger partial charge is 0.497 e. The number of pyridine rings is 1. The van der Waals surface area contributed by atoms with Gasteiger partial charge in [-0.3, -0.25) is 4.98 Å². The van der Waals surface area contributed by atoms with Crippen molar-refractivity contribution in [3.05, 3.63) is 94.0 Å². The average molecular weight is 401 g/mol. The van der Waals surface area contributed by atoms with E-state index in [0.717, 1.165) is 11.3 Å². The first-order chi connectivity index (χ1) is 14.5. The lowest BCUT2D eigenvalue weighted by Crippen LogP contribution is -2.10. The summed E-state index contributed by atoms with van der Waals surface area (Å²) in [5.41, 5.74) is 3.12. The monoisotopic (exact) mass is 401 g/mol. The van der Waals surface area contributed by atoms with Gasteiger partial charge in [0.15, 0.2) is 0 Å². The highest BCUT2D eigenvalue weighted by molar-refractivity contribution is 5.91. The number of hydrogen-bond acceptors (Lipinski definition) is 6. The van der Waals surface area contributed by atoms with Crippen molar-refractivity contribution < 1.29 is 18.7 Å². The van der Waals surface area contributed by atoms with Gasteiger partial charge in [-0.1, -0.05) is 30.3 Å². The van der Waals surface area contributed by atoms with Gasteiger partial charge in [0.1, 0.15) is 17.9 Å². The van der Waals surface area contributed by atoms with Gasteiger partial charge in [0, 0.05) is 28.6 Å². The Morgan fingerprint density at radius 2 is 1.83 bits per heavy atom. The summed E-state index contributed by atoms with van der Waals surface area (Å²) in [6.07, 6.45) is 0. The summed E-state index contributed by atoms with van der Waals surface area (Å²) in [4.78, 5) is 29.0. The molecule has 30 heavy (non-hydrogen) atoms. The average Bonchev–Trinajstić information content (AvgIpc) is 2.77. The predicted molar refractivity (Wildman–Crippen MR) is 113 cm³/mol. The minimum Gasteiger partial charge on any atom is -0.497 e. The van der Waals surface area contributed by atoms with Gasteiger partial charge >= 0.3 is 11.6 Å². The first-order valence-corrected chi connectivity index (χ1v) is 9.36. The number of aromatic nitrogens is 1. The first-order valence-electron chi connectivity index (χ1n) is 9.36. The Labute approximate surface area is 172 Å². The fourth-order valence-electron chi connectivity index (χ4n) is 3.22. The van der Waals surface area contributed by atoms with E-state index in [1.54, 1.807) is 37.3 Å². The van der Waals surface area contributed by atoms with Crippen molar-refractivity contribution in [2.24, 2.45) is 0 Å². The lowest BCUT2D eigenvalue weighted by Gasteiger charge is -2.10. The molecule has 0 fully saturated rings. The SMILES string of the molecule is COc1ccc2c(COC(=O)c3ccc(-c4ccccc4)nc3C)cc(=O)oc2c1. The van der Waals surface area contributed by atoms with Gasteiger partial charge in [-0.2, -0.15) is 0 Å². The van der Waals surface area contributed by atoms with Crippen molar-refractivity contribution in [1.82, 2.24) is 4.98 Å². The van der Waals surface area contributed by atoms with E-state index in [4.69, 9.17) is 13.9 Å². The molecule has 0 atom stereocenters. The van der Waals surface area contributed by atoms with Gasteiger partial charge in [0.25, 0.3) is 0 Å². The van der Waals surface area contributed by atoms with E-state index in [1.165, 1.54) is 13.2 Å². The molecule has 0 aliphatic heterocycles. The van der Waals surface area contributed by atoms with Crippen LogP contribution in [0.15, 0.2) is 75.9 Å². The maximum atomic E-state index is 12.6. The van der Waals surface area contributed by atoms with E-state index in [0.29, 0.717) is 33.5 Å². The molecular weight excluding hydrogens is 382 g/mol. The lowest BCUT2D eigenvalue weighted by atomic mass is 10.1. The minimum absolute atomic E-state index is 0.0624. The van der Waals surface area contributed by atoms with E-state index >= 15 is 0 Å².